The van der Waals surface area contributed by atoms with Crippen LogP contribution in [-0.4, -0.2) is 4.98 Å². The number of benzene rings is 2. The fourth-order valence-electron chi connectivity index (χ4n) is 2.15. The third-order valence-electron chi connectivity index (χ3n) is 3.15. The summed E-state index contributed by atoms with van der Waals surface area (Å²) in [6.07, 6.45) is 1.79. The highest BCUT2D eigenvalue weighted by molar-refractivity contribution is 9.10. The first-order valence-corrected chi connectivity index (χ1v) is 7.90. The van der Waals surface area contributed by atoms with Crippen LogP contribution >= 0.6 is 39.1 Å². The predicted octanol–water partition coefficient (Wildman–Crippen LogP) is 5.92. The smallest absolute Gasteiger partial charge is 0.0934 e. The zero-order valence-electron chi connectivity index (χ0n) is 10.9. The Kier molecular flexibility index (Phi) is 4.34. The molecule has 0 radical (unpaired) electrons. The molecule has 21 heavy (non-hydrogen) atoms. The normalized spacial score (nSPS) is 10.8. The van der Waals surface area contributed by atoms with Crippen molar-refractivity contribution in [2.45, 2.75) is 6.54 Å². The van der Waals surface area contributed by atoms with E-state index in [0.717, 1.165) is 26.6 Å². The molecule has 0 aliphatic rings. The molecule has 106 valence electrons. The summed E-state index contributed by atoms with van der Waals surface area (Å²) in [4.78, 5) is 4.46. The topological polar surface area (TPSA) is 24.9 Å². The Morgan fingerprint density at radius 1 is 1.10 bits per heavy atom. The molecule has 2 nitrogen and oxygen atoms in total. The summed E-state index contributed by atoms with van der Waals surface area (Å²) >= 11 is 15.6. The first-order chi connectivity index (χ1) is 10.1. The highest BCUT2D eigenvalue weighted by atomic mass is 79.9. The third kappa shape index (κ3) is 3.31. The largest absolute Gasteiger partial charge is 0.379 e. The molecule has 0 fully saturated rings. The maximum Gasteiger partial charge on any atom is 0.0934 e. The average molecular weight is 382 g/mol. The van der Waals surface area contributed by atoms with Crippen molar-refractivity contribution in [2.24, 2.45) is 0 Å². The van der Waals surface area contributed by atoms with E-state index in [0.29, 0.717) is 16.6 Å². The van der Waals surface area contributed by atoms with Crippen LogP contribution in [0, 0.1) is 0 Å². The van der Waals surface area contributed by atoms with Gasteiger partial charge in [0.1, 0.15) is 0 Å². The second-order valence-electron chi connectivity index (χ2n) is 4.62. The lowest BCUT2D eigenvalue weighted by atomic mass is 10.1. The quantitative estimate of drug-likeness (QED) is 0.609. The third-order valence-corrected chi connectivity index (χ3v) is 4.19. The molecular formula is C16H11BrCl2N2. The molecule has 3 rings (SSSR count). The highest BCUT2D eigenvalue weighted by Crippen LogP contribution is 2.26. The molecule has 0 saturated carbocycles. The lowest BCUT2D eigenvalue weighted by Crippen LogP contribution is -2.01. The number of nitrogens with zero attached hydrogens (tertiary/aromatic N) is 1. The number of nitrogens with one attached hydrogen (secondary N) is 1. The zero-order valence-corrected chi connectivity index (χ0v) is 14.0. The average Bonchev–Trinajstić information content (AvgIpc) is 2.47. The standard InChI is InChI=1S/C16H11BrCl2N2/c17-12-6-10-2-1-3-15(16(10)21-9-12)20-8-11-7-13(18)4-5-14(11)19/h1-7,9,20H,8H2. The van der Waals surface area contributed by atoms with Gasteiger partial charge in [-0.15, -0.1) is 0 Å². The fraction of sp³-hybridized carbons (Fsp3) is 0.0625. The van der Waals surface area contributed by atoms with Crippen molar-refractivity contribution in [3.05, 3.63) is 68.7 Å². The van der Waals surface area contributed by atoms with E-state index in [2.05, 4.69) is 26.2 Å². The van der Waals surface area contributed by atoms with Gasteiger partial charge in [0.15, 0.2) is 0 Å². The number of aromatic nitrogens is 1. The Labute approximate surface area is 141 Å². The summed E-state index contributed by atoms with van der Waals surface area (Å²) in [5.41, 5.74) is 2.85. The molecule has 0 aliphatic heterocycles. The molecular weight excluding hydrogens is 371 g/mol. The van der Waals surface area contributed by atoms with Crippen LogP contribution in [0.4, 0.5) is 5.69 Å². The molecule has 1 aromatic heterocycles. The summed E-state index contributed by atoms with van der Waals surface area (Å²) in [5.74, 6) is 0. The van der Waals surface area contributed by atoms with E-state index in [4.69, 9.17) is 23.2 Å². The minimum Gasteiger partial charge on any atom is -0.379 e. The molecule has 0 saturated heterocycles. The zero-order chi connectivity index (χ0) is 14.8. The maximum absolute atomic E-state index is 6.18. The van der Waals surface area contributed by atoms with Crippen LogP contribution < -0.4 is 5.32 Å². The highest BCUT2D eigenvalue weighted by Gasteiger charge is 2.05. The second kappa shape index (κ2) is 6.22. The summed E-state index contributed by atoms with van der Waals surface area (Å²) < 4.78 is 0.963. The van der Waals surface area contributed by atoms with Gasteiger partial charge in [0, 0.05) is 32.6 Å². The number of hydrogen-bond acceptors (Lipinski definition) is 2. The van der Waals surface area contributed by atoms with Gasteiger partial charge in [0.05, 0.1) is 11.2 Å². The van der Waals surface area contributed by atoms with Crippen molar-refractivity contribution in [1.82, 2.24) is 4.98 Å². The molecule has 1 N–H and O–H groups in total. The Morgan fingerprint density at radius 3 is 2.81 bits per heavy atom. The van der Waals surface area contributed by atoms with Gasteiger partial charge in [-0.1, -0.05) is 35.3 Å². The van der Waals surface area contributed by atoms with Crippen molar-refractivity contribution in [3.8, 4) is 0 Å². The summed E-state index contributed by atoms with van der Waals surface area (Å²) in [6.45, 7) is 0.594. The Morgan fingerprint density at radius 2 is 1.95 bits per heavy atom. The van der Waals surface area contributed by atoms with E-state index in [1.54, 1.807) is 18.3 Å². The molecule has 0 bridgehead atoms. The van der Waals surface area contributed by atoms with Gasteiger partial charge in [-0.05, 0) is 51.8 Å². The lowest BCUT2D eigenvalue weighted by molar-refractivity contribution is 1.15. The van der Waals surface area contributed by atoms with Gasteiger partial charge >= 0.3 is 0 Å². The number of para-hydroxylation sites is 1. The molecule has 3 aromatic rings. The molecule has 0 atom stereocenters. The number of pyridine rings is 1. The summed E-state index contributed by atoms with van der Waals surface area (Å²) in [5, 5.41) is 5.82. The van der Waals surface area contributed by atoms with Gasteiger partial charge in [0.25, 0.3) is 0 Å². The number of rotatable bonds is 3. The fourth-order valence-corrected chi connectivity index (χ4v) is 2.87. The van der Waals surface area contributed by atoms with Gasteiger partial charge in [-0.3, -0.25) is 4.98 Å². The van der Waals surface area contributed by atoms with E-state index in [1.165, 1.54) is 0 Å². The van der Waals surface area contributed by atoms with Crippen molar-refractivity contribution in [1.29, 1.82) is 0 Å². The lowest BCUT2D eigenvalue weighted by Gasteiger charge is -2.11. The SMILES string of the molecule is Clc1ccc(Cl)c(CNc2cccc3cc(Br)cnc23)c1. The van der Waals surface area contributed by atoms with Gasteiger partial charge in [-0.2, -0.15) is 0 Å². The first kappa shape index (κ1) is 14.6. The predicted molar refractivity (Wildman–Crippen MR) is 93.2 cm³/mol. The van der Waals surface area contributed by atoms with Crippen molar-refractivity contribution >= 4 is 55.7 Å². The second-order valence-corrected chi connectivity index (χ2v) is 6.38. The Hall–Kier alpha value is -1.29. The van der Waals surface area contributed by atoms with Gasteiger partial charge in [0.2, 0.25) is 0 Å². The van der Waals surface area contributed by atoms with Crippen LogP contribution in [0.25, 0.3) is 10.9 Å². The van der Waals surface area contributed by atoms with Crippen LogP contribution in [-0.2, 0) is 6.54 Å². The van der Waals surface area contributed by atoms with Gasteiger partial charge < -0.3 is 5.32 Å². The van der Waals surface area contributed by atoms with Crippen molar-refractivity contribution in [3.63, 3.8) is 0 Å². The molecule has 2 aromatic carbocycles. The molecule has 0 aliphatic carbocycles. The molecule has 0 amide bonds. The van der Waals surface area contributed by atoms with E-state index < -0.39 is 0 Å². The van der Waals surface area contributed by atoms with E-state index >= 15 is 0 Å². The Balaban J connectivity index is 1.90. The van der Waals surface area contributed by atoms with Crippen LogP contribution in [0.5, 0.6) is 0 Å². The molecule has 1 heterocycles. The molecule has 5 heteroatoms. The molecule has 0 unspecified atom stereocenters. The van der Waals surface area contributed by atoms with Gasteiger partial charge in [-0.25, -0.2) is 0 Å². The van der Waals surface area contributed by atoms with E-state index in [-0.39, 0.29) is 0 Å². The summed E-state index contributed by atoms with van der Waals surface area (Å²) in [7, 11) is 0. The molecule has 0 spiro atoms. The van der Waals surface area contributed by atoms with Crippen LogP contribution in [0.2, 0.25) is 10.0 Å². The van der Waals surface area contributed by atoms with Crippen molar-refractivity contribution < 1.29 is 0 Å². The number of halogens is 3. The minimum atomic E-state index is 0.594. The van der Waals surface area contributed by atoms with Crippen LogP contribution in [0.3, 0.4) is 0 Å². The number of hydrogen-bond donors (Lipinski definition) is 1. The maximum atomic E-state index is 6.18. The van der Waals surface area contributed by atoms with Crippen LogP contribution in [0.1, 0.15) is 5.56 Å². The number of fused-ring (bicyclic) bond motifs is 1. The summed E-state index contributed by atoms with van der Waals surface area (Å²) in [6, 6.07) is 13.5. The van der Waals surface area contributed by atoms with E-state index in [9.17, 15) is 0 Å². The first-order valence-electron chi connectivity index (χ1n) is 6.35. The van der Waals surface area contributed by atoms with Crippen molar-refractivity contribution in [2.75, 3.05) is 5.32 Å². The monoisotopic (exact) mass is 380 g/mol. The number of anilines is 1. The Bertz CT molecular complexity index is 805. The van der Waals surface area contributed by atoms with E-state index in [1.807, 2.05) is 30.3 Å². The van der Waals surface area contributed by atoms with Crippen LogP contribution in [0.15, 0.2) is 53.1 Å². The minimum absolute atomic E-state index is 0.594.